The summed E-state index contributed by atoms with van der Waals surface area (Å²) in [5.74, 6) is 0. The number of aliphatic hydroxyl groups is 1. The van der Waals surface area contributed by atoms with Crippen LogP contribution in [0.15, 0.2) is 23.4 Å². The summed E-state index contributed by atoms with van der Waals surface area (Å²) in [4.78, 5) is 9.99. The van der Waals surface area contributed by atoms with Gasteiger partial charge in [-0.1, -0.05) is 17.7 Å². The van der Waals surface area contributed by atoms with Crippen molar-refractivity contribution < 1.29 is 5.11 Å². The monoisotopic (exact) mass is 171 g/mol. The quantitative estimate of drug-likeness (QED) is 0.694. The highest BCUT2D eigenvalue weighted by Crippen LogP contribution is 2.22. The Morgan fingerprint density at radius 1 is 1.55 bits per heavy atom. The Balaban J connectivity index is 3.09. The molecule has 0 amide bonds. The van der Waals surface area contributed by atoms with Gasteiger partial charge in [-0.25, -0.2) is 0 Å². The van der Waals surface area contributed by atoms with Gasteiger partial charge in [0.1, 0.15) is 5.69 Å². The predicted molar refractivity (Wildman–Crippen MR) is 42.8 cm³/mol. The predicted octanol–water partition coefficient (Wildman–Crippen LogP) is 2.23. The van der Waals surface area contributed by atoms with Crippen LogP contribution < -0.4 is 0 Å². The van der Waals surface area contributed by atoms with Gasteiger partial charge in [0.05, 0.1) is 6.61 Å². The van der Waals surface area contributed by atoms with Crippen molar-refractivity contribution in [1.29, 1.82) is 0 Å². The Hall–Kier alpha value is -0.930. The summed E-state index contributed by atoms with van der Waals surface area (Å²) in [5, 5.41) is 11.7. The molecule has 0 aliphatic carbocycles. The average Bonchev–Trinajstić information content (AvgIpc) is 2.04. The van der Waals surface area contributed by atoms with Crippen LogP contribution in [0.2, 0.25) is 5.02 Å². The van der Waals surface area contributed by atoms with Crippen LogP contribution >= 0.6 is 11.6 Å². The van der Waals surface area contributed by atoms with E-state index in [0.29, 0.717) is 10.6 Å². The van der Waals surface area contributed by atoms with Crippen molar-refractivity contribution in [3.05, 3.63) is 33.7 Å². The number of rotatable bonds is 2. The van der Waals surface area contributed by atoms with Gasteiger partial charge in [-0.05, 0) is 22.9 Å². The van der Waals surface area contributed by atoms with Gasteiger partial charge in [0, 0.05) is 5.02 Å². The van der Waals surface area contributed by atoms with E-state index in [0.717, 1.165) is 0 Å². The van der Waals surface area contributed by atoms with E-state index in [1.165, 1.54) is 12.1 Å². The molecule has 0 saturated heterocycles. The summed E-state index contributed by atoms with van der Waals surface area (Å²) >= 11 is 5.65. The number of benzene rings is 1. The van der Waals surface area contributed by atoms with Gasteiger partial charge in [-0.3, -0.25) is 0 Å². The smallest absolute Gasteiger partial charge is 0.109 e. The molecular weight excluding hydrogens is 166 g/mol. The van der Waals surface area contributed by atoms with Crippen LogP contribution in [0.5, 0.6) is 0 Å². The van der Waals surface area contributed by atoms with E-state index in [1.54, 1.807) is 6.07 Å². The average molecular weight is 172 g/mol. The molecule has 0 unspecified atom stereocenters. The first-order chi connectivity index (χ1) is 5.27. The minimum Gasteiger partial charge on any atom is -0.392 e. The lowest BCUT2D eigenvalue weighted by atomic mass is 10.2. The van der Waals surface area contributed by atoms with Gasteiger partial charge >= 0.3 is 0 Å². The second-order valence-electron chi connectivity index (χ2n) is 2.03. The second-order valence-corrected chi connectivity index (χ2v) is 2.43. The van der Waals surface area contributed by atoms with Crippen LogP contribution in [-0.2, 0) is 6.61 Å². The molecule has 1 N–H and O–H groups in total. The fraction of sp³-hybridized carbons (Fsp3) is 0.143. The maximum atomic E-state index is 9.99. The second kappa shape index (κ2) is 3.46. The first-order valence-electron chi connectivity index (χ1n) is 3.00. The van der Waals surface area contributed by atoms with Crippen LogP contribution in [0.3, 0.4) is 0 Å². The molecule has 0 aliphatic rings. The van der Waals surface area contributed by atoms with Gasteiger partial charge in [-0.15, -0.1) is 4.91 Å². The Morgan fingerprint density at radius 2 is 2.27 bits per heavy atom. The van der Waals surface area contributed by atoms with E-state index in [2.05, 4.69) is 5.18 Å². The van der Waals surface area contributed by atoms with Crippen LogP contribution in [0.1, 0.15) is 5.56 Å². The number of hydrogen-bond donors (Lipinski definition) is 1. The molecule has 3 nitrogen and oxygen atoms in total. The standard InChI is InChI=1S/C7H6ClNO2/c8-7-3-6(9-11)2-1-5(7)4-10/h1-3,10H,4H2. The lowest BCUT2D eigenvalue weighted by molar-refractivity contribution is 0.282. The molecule has 0 atom stereocenters. The number of nitroso groups, excluding NO2 is 1. The molecule has 11 heavy (non-hydrogen) atoms. The molecule has 0 saturated carbocycles. The first-order valence-corrected chi connectivity index (χ1v) is 3.38. The van der Waals surface area contributed by atoms with Crippen LogP contribution in [0.25, 0.3) is 0 Å². The number of halogens is 1. The van der Waals surface area contributed by atoms with Crippen molar-refractivity contribution in [2.24, 2.45) is 5.18 Å². The van der Waals surface area contributed by atoms with E-state index in [-0.39, 0.29) is 12.3 Å². The third kappa shape index (κ3) is 1.76. The minimum atomic E-state index is -0.127. The Kier molecular flexibility index (Phi) is 2.57. The fourth-order valence-electron chi connectivity index (χ4n) is 0.721. The van der Waals surface area contributed by atoms with Crippen molar-refractivity contribution >= 4 is 17.3 Å². The number of nitrogens with zero attached hydrogens (tertiary/aromatic N) is 1. The minimum absolute atomic E-state index is 0.127. The van der Waals surface area contributed by atoms with Crippen molar-refractivity contribution in [1.82, 2.24) is 0 Å². The fourth-order valence-corrected chi connectivity index (χ4v) is 0.956. The molecule has 58 valence electrons. The topological polar surface area (TPSA) is 49.7 Å². The Bertz CT molecular complexity index is 275. The molecular formula is C7H6ClNO2. The zero-order chi connectivity index (χ0) is 8.27. The molecule has 0 aliphatic heterocycles. The lowest BCUT2D eigenvalue weighted by Crippen LogP contribution is -1.82. The van der Waals surface area contributed by atoms with Gasteiger partial charge in [-0.2, -0.15) is 0 Å². The highest BCUT2D eigenvalue weighted by Gasteiger charge is 1.99. The summed E-state index contributed by atoms with van der Waals surface area (Å²) in [6.45, 7) is -0.127. The maximum absolute atomic E-state index is 9.99. The zero-order valence-electron chi connectivity index (χ0n) is 5.62. The van der Waals surface area contributed by atoms with Gasteiger partial charge in [0.2, 0.25) is 0 Å². The SMILES string of the molecule is O=Nc1ccc(CO)c(Cl)c1. The highest BCUT2D eigenvalue weighted by molar-refractivity contribution is 6.31. The summed E-state index contributed by atoms with van der Waals surface area (Å²) in [5.41, 5.74) is 0.867. The zero-order valence-corrected chi connectivity index (χ0v) is 6.38. The van der Waals surface area contributed by atoms with E-state index in [9.17, 15) is 4.91 Å². The molecule has 1 aromatic rings. The van der Waals surface area contributed by atoms with Crippen LogP contribution in [-0.4, -0.2) is 5.11 Å². The number of hydrogen-bond acceptors (Lipinski definition) is 3. The molecule has 1 aromatic carbocycles. The molecule has 0 spiro atoms. The van der Waals surface area contributed by atoms with Crippen molar-refractivity contribution in [2.45, 2.75) is 6.61 Å². The lowest BCUT2D eigenvalue weighted by Gasteiger charge is -1.98. The molecule has 0 radical (unpaired) electrons. The number of aliphatic hydroxyl groups excluding tert-OH is 1. The molecule has 1 rings (SSSR count). The van der Waals surface area contributed by atoms with Crippen molar-refractivity contribution in [3.8, 4) is 0 Å². The maximum Gasteiger partial charge on any atom is 0.109 e. The van der Waals surface area contributed by atoms with Crippen LogP contribution in [0, 0.1) is 4.91 Å². The molecule has 0 bridgehead atoms. The van der Waals surface area contributed by atoms with Crippen LogP contribution in [0.4, 0.5) is 5.69 Å². The molecule has 0 fully saturated rings. The van der Waals surface area contributed by atoms with Gasteiger partial charge < -0.3 is 5.11 Å². The molecule has 0 aromatic heterocycles. The van der Waals surface area contributed by atoms with Gasteiger partial charge in [0.15, 0.2) is 0 Å². The summed E-state index contributed by atoms with van der Waals surface area (Å²) in [6, 6.07) is 4.49. The largest absolute Gasteiger partial charge is 0.392 e. The van der Waals surface area contributed by atoms with E-state index in [1.807, 2.05) is 0 Å². The normalized spacial score (nSPS) is 9.64. The molecule has 4 heteroatoms. The van der Waals surface area contributed by atoms with Gasteiger partial charge in [0.25, 0.3) is 0 Å². The van der Waals surface area contributed by atoms with Crippen molar-refractivity contribution in [2.75, 3.05) is 0 Å². The molecule has 0 heterocycles. The summed E-state index contributed by atoms with van der Waals surface area (Å²) in [7, 11) is 0. The van der Waals surface area contributed by atoms with Crippen molar-refractivity contribution in [3.63, 3.8) is 0 Å². The van der Waals surface area contributed by atoms with E-state index < -0.39 is 0 Å². The summed E-state index contributed by atoms with van der Waals surface area (Å²) < 4.78 is 0. The first kappa shape index (κ1) is 8.17. The Morgan fingerprint density at radius 3 is 2.73 bits per heavy atom. The Labute approximate surface area is 68.6 Å². The highest BCUT2D eigenvalue weighted by atomic mass is 35.5. The third-order valence-electron chi connectivity index (χ3n) is 1.31. The van der Waals surface area contributed by atoms with E-state index >= 15 is 0 Å². The third-order valence-corrected chi connectivity index (χ3v) is 1.66. The van der Waals surface area contributed by atoms with E-state index in [4.69, 9.17) is 16.7 Å². The summed E-state index contributed by atoms with van der Waals surface area (Å²) in [6.07, 6.45) is 0.